The van der Waals surface area contributed by atoms with E-state index in [4.69, 9.17) is 0 Å². The molecule has 7 nitrogen and oxygen atoms in total. The Balaban J connectivity index is 1.30. The third-order valence-corrected chi connectivity index (χ3v) is 6.57. The quantitative estimate of drug-likeness (QED) is 0.710. The van der Waals surface area contributed by atoms with Crippen LogP contribution < -0.4 is 10.6 Å². The molecule has 1 N–H and O–H groups in total. The lowest BCUT2D eigenvalue weighted by Gasteiger charge is -2.32. The van der Waals surface area contributed by atoms with Crippen LogP contribution in [0, 0.1) is 0 Å². The number of carbonyl (C=O) groups excluding carboxylic acids is 2. The second-order valence-electron chi connectivity index (χ2n) is 8.33. The van der Waals surface area contributed by atoms with E-state index in [1.165, 1.54) is 0 Å². The van der Waals surface area contributed by atoms with Crippen molar-refractivity contribution in [3.8, 4) is 0 Å². The van der Waals surface area contributed by atoms with Gasteiger partial charge in [-0.05, 0) is 55.2 Å². The van der Waals surface area contributed by atoms with Crippen molar-refractivity contribution in [1.29, 1.82) is 0 Å². The van der Waals surface area contributed by atoms with E-state index in [0.717, 1.165) is 41.5 Å². The molecule has 160 valence electrons. The number of likely N-dealkylation sites (tertiary alicyclic amines) is 1. The molecule has 0 aliphatic carbocycles. The predicted molar refractivity (Wildman–Crippen MR) is 120 cm³/mol. The van der Waals surface area contributed by atoms with Crippen molar-refractivity contribution in [2.24, 2.45) is 0 Å². The molecular formula is C24H26N4O3. The van der Waals surface area contributed by atoms with Crippen LogP contribution in [-0.4, -0.2) is 45.9 Å². The smallest absolute Gasteiger partial charge is 0.326 e. The topological polar surface area (TPSA) is 78.4 Å². The highest BCUT2D eigenvalue weighted by Gasteiger charge is 2.28. The standard InChI is InChI=1S/C24H26N4O3/c1-2-22(29)27-14-9-16-15-17(7-8-20(16)27)23(30)26-12-10-18(11-13-26)28-21-6-4-3-5-19(21)25-24(28)31/h3-8,15,18H,2,9-14H2,1H3,(H,25,31). The first-order valence-corrected chi connectivity index (χ1v) is 11.0. The number of aromatic nitrogens is 2. The summed E-state index contributed by atoms with van der Waals surface area (Å²) < 4.78 is 1.84. The van der Waals surface area contributed by atoms with Crippen molar-refractivity contribution in [2.75, 3.05) is 24.5 Å². The van der Waals surface area contributed by atoms with Gasteiger partial charge in [-0.2, -0.15) is 0 Å². The highest BCUT2D eigenvalue weighted by Crippen LogP contribution is 2.31. The summed E-state index contributed by atoms with van der Waals surface area (Å²) in [5.41, 5.74) is 4.35. The first-order chi connectivity index (χ1) is 15.1. The molecule has 0 atom stereocenters. The predicted octanol–water partition coefficient (Wildman–Crippen LogP) is 3.11. The molecule has 2 amide bonds. The van der Waals surface area contributed by atoms with E-state index in [1.54, 1.807) is 0 Å². The number of aromatic amines is 1. The lowest BCUT2D eigenvalue weighted by atomic mass is 10.0. The first-order valence-electron chi connectivity index (χ1n) is 11.0. The fraction of sp³-hybridized carbons (Fsp3) is 0.375. The minimum Gasteiger partial charge on any atom is -0.338 e. The van der Waals surface area contributed by atoms with Crippen LogP contribution in [0.15, 0.2) is 47.3 Å². The van der Waals surface area contributed by atoms with E-state index in [2.05, 4.69) is 4.98 Å². The van der Waals surface area contributed by atoms with Gasteiger partial charge in [0.15, 0.2) is 0 Å². The Hall–Kier alpha value is -3.35. The van der Waals surface area contributed by atoms with Crippen LogP contribution in [0.3, 0.4) is 0 Å². The average Bonchev–Trinajstić information content (AvgIpc) is 3.38. The largest absolute Gasteiger partial charge is 0.338 e. The Kier molecular flexibility index (Phi) is 4.88. The lowest BCUT2D eigenvalue weighted by molar-refractivity contribution is -0.118. The van der Waals surface area contributed by atoms with Gasteiger partial charge in [0.25, 0.3) is 5.91 Å². The molecule has 2 aliphatic heterocycles. The van der Waals surface area contributed by atoms with Crippen molar-refractivity contribution in [3.63, 3.8) is 0 Å². The van der Waals surface area contributed by atoms with Crippen molar-refractivity contribution in [3.05, 3.63) is 64.1 Å². The van der Waals surface area contributed by atoms with Crippen LogP contribution in [-0.2, 0) is 11.2 Å². The molecule has 2 aliphatic rings. The number of hydrogen-bond acceptors (Lipinski definition) is 3. The fourth-order valence-corrected chi connectivity index (χ4v) is 4.93. The van der Waals surface area contributed by atoms with E-state index in [0.29, 0.717) is 31.6 Å². The van der Waals surface area contributed by atoms with Crippen LogP contribution in [0.1, 0.15) is 48.1 Å². The monoisotopic (exact) mass is 418 g/mol. The molecule has 5 rings (SSSR count). The van der Waals surface area contributed by atoms with Gasteiger partial charge >= 0.3 is 5.69 Å². The van der Waals surface area contributed by atoms with E-state index >= 15 is 0 Å². The number of amides is 2. The zero-order chi connectivity index (χ0) is 21.5. The van der Waals surface area contributed by atoms with Crippen molar-refractivity contribution in [1.82, 2.24) is 14.5 Å². The second-order valence-corrected chi connectivity index (χ2v) is 8.33. The van der Waals surface area contributed by atoms with Gasteiger partial charge < -0.3 is 14.8 Å². The van der Waals surface area contributed by atoms with Gasteiger partial charge in [-0.25, -0.2) is 4.79 Å². The molecule has 0 saturated carbocycles. The van der Waals surface area contributed by atoms with Gasteiger partial charge in [-0.15, -0.1) is 0 Å². The molecular weight excluding hydrogens is 392 g/mol. The highest BCUT2D eigenvalue weighted by atomic mass is 16.2. The lowest BCUT2D eigenvalue weighted by Crippen LogP contribution is -2.40. The summed E-state index contributed by atoms with van der Waals surface area (Å²) in [5, 5.41) is 0. The minimum absolute atomic E-state index is 0.0211. The van der Waals surface area contributed by atoms with Crippen molar-refractivity contribution < 1.29 is 9.59 Å². The van der Waals surface area contributed by atoms with Gasteiger partial charge in [-0.3, -0.25) is 14.2 Å². The normalized spacial score (nSPS) is 16.7. The molecule has 1 saturated heterocycles. The Morgan fingerprint density at radius 3 is 2.61 bits per heavy atom. The van der Waals surface area contributed by atoms with Crippen molar-refractivity contribution >= 4 is 28.5 Å². The molecule has 0 unspecified atom stereocenters. The molecule has 3 heterocycles. The summed E-state index contributed by atoms with van der Waals surface area (Å²) in [5.74, 6) is 0.139. The molecule has 0 spiro atoms. The maximum atomic E-state index is 13.1. The van der Waals surface area contributed by atoms with E-state index < -0.39 is 0 Å². The number of piperidine rings is 1. The van der Waals surface area contributed by atoms with Gasteiger partial charge in [0, 0.05) is 43.3 Å². The maximum Gasteiger partial charge on any atom is 0.326 e. The SMILES string of the molecule is CCC(=O)N1CCc2cc(C(=O)N3CCC(n4c(=O)[nH]c5ccccc54)CC3)ccc21. The summed E-state index contributed by atoms with van der Waals surface area (Å²) in [6.07, 6.45) is 2.76. The van der Waals surface area contributed by atoms with Gasteiger partial charge in [0.05, 0.1) is 11.0 Å². The number of rotatable bonds is 3. The number of carbonyl (C=O) groups is 2. The zero-order valence-electron chi connectivity index (χ0n) is 17.6. The number of nitrogens with one attached hydrogen (secondary N) is 1. The summed E-state index contributed by atoms with van der Waals surface area (Å²) >= 11 is 0. The molecule has 31 heavy (non-hydrogen) atoms. The van der Waals surface area contributed by atoms with Gasteiger partial charge in [0.2, 0.25) is 5.91 Å². The van der Waals surface area contributed by atoms with E-state index in [-0.39, 0.29) is 23.5 Å². The Morgan fingerprint density at radius 1 is 1.06 bits per heavy atom. The number of hydrogen-bond donors (Lipinski definition) is 1. The highest BCUT2D eigenvalue weighted by molar-refractivity contribution is 5.98. The zero-order valence-corrected chi connectivity index (χ0v) is 17.6. The minimum atomic E-state index is -0.0872. The molecule has 1 fully saturated rings. The van der Waals surface area contributed by atoms with Crippen LogP contribution in [0.4, 0.5) is 5.69 Å². The number of benzene rings is 2. The van der Waals surface area contributed by atoms with Crippen LogP contribution >= 0.6 is 0 Å². The van der Waals surface area contributed by atoms with Crippen LogP contribution in [0.25, 0.3) is 11.0 Å². The van der Waals surface area contributed by atoms with Crippen LogP contribution in [0.2, 0.25) is 0 Å². The van der Waals surface area contributed by atoms with Gasteiger partial charge in [-0.1, -0.05) is 19.1 Å². The summed E-state index contributed by atoms with van der Waals surface area (Å²) in [4.78, 5) is 44.3. The molecule has 7 heteroatoms. The molecule has 0 radical (unpaired) electrons. The number of H-pyrrole nitrogens is 1. The van der Waals surface area contributed by atoms with E-state index in [9.17, 15) is 14.4 Å². The number of anilines is 1. The molecule has 3 aromatic rings. The third kappa shape index (κ3) is 3.34. The molecule has 1 aromatic heterocycles. The van der Waals surface area contributed by atoms with E-state index in [1.807, 2.05) is 63.8 Å². The maximum absolute atomic E-state index is 13.1. The Labute approximate surface area is 180 Å². The number of fused-ring (bicyclic) bond motifs is 2. The summed E-state index contributed by atoms with van der Waals surface area (Å²) in [7, 11) is 0. The second kappa shape index (κ2) is 7.72. The third-order valence-electron chi connectivity index (χ3n) is 6.57. The van der Waals surface area contributed by atoms with Crippen LogP contribution in [0.5, 0.6) is 0 Å². The number of para-hydroxylation sites is 2. The fourth-order valence-electron chi connectivity index (χ4n) is 4.93. The average molecular weight is 418 g/mol. The molecule has 2 aromatic carbocycles. The number of nitrogens with zero attached hydrogens (tertiary/aromatic N) is 3. The number of imidazole rings is 1. The Bertz CT molecular complexity index is 1220. The van der Waals surface area contributed by atoms with Gasteiger partial charge in [0.1, 0.15) is 0 Å². The first kappa shape index (κ1) is 19.6. The summed E-state index contributed by atoms with van der Waals surface area (Å²) in [6, 6.07) is 13.5. The summed E-state index contributed by atoms with van der Waals surface area (Å²) in [6.45, 7) is 3.79. The molecule has 0 bridgehead atoms. The van der Waals surface area contributed by atoms with Crippen molar-refractivity contribution in [2.45, 2.75) is 38.6 Å². The Morgan fingerprint density at radius 2 is 1.84 bits per heavy atom.